The summed E-state index contributed by atoms with van der Waals surface area (Å²) in [5, 5.41) is 4.51. The van der Waals surface area contributed by atoms with E-state index in [4.69, 9.17) is 4.74 Å². The monoisotopic (exact) mass is 214 g/mol. The molecule has 1 saturated heterocycles. The maximum atomic E-state index is 5.47. The summed E-state index contributed by atoms with van der Waals surface area (Å²) in [5.41, 5.74) is 3.32. The Morgan fingerprint density at radius 3 is 2.56 bits per heavy atom. The molecule has 3 nitrogen and oxygen atoms in total. The molecule has 16 heavy (non-hydrogen) atoms. The van der Waals surface area contributed by atoms with Crippen LogP contribution in [0, 0.1) is 0 Å². The van der Waals surface area contributed by atoms with E-state index in [2.05, 4.69) is 30.2 Å². The second-order valence-corrected chi connectivity index (χ2v) is 4.21. The van der Waals surface area contributed by atoms with Crippen LogP contribution in [0.15, 0.2) is 36.4 Å². The molecule has 2 atom stereocenters. The maximum absolute atomic E-state index is 5.47. The first-order chi connectivity index (χ1) is 7.75. The second kappa shape index (κ2) is 3.46. The number of nitrogens with zero attached hydrogens (tertiary/aromatic N) is 2. The highest BCUT2D eigenvalue weighted by atomic mass is 16.6. The normalized spacial score (nSPS) is 23.4. The third kappa shape index (κ3) is 1.53. The first kappa shape index (κ1) is 9.60. The molecule has 3 rings (SSSR count). The molecule has 1 fully saturated rings. The van der Waals surface area contributed by atoms with E-state index >= 15 is 0 Å². The van der Waals surface area contributed by atoms with Gasteiger partial charge in [0.2, 0.25) is 0 Å². The van der Waals surface area contributed by atoms with E-state index in [0.29, 0.717) is 6.10 Å². The van der Waals surface area contributed by atoms with Gasteiger partial charge in [-0.05, 0) is 13.0 Å². The smallest absolute Gasteiger partial charge is 0.125 e. The summed E-state index contributed by atoms with van der Waals surface area (Å²) in [7, 11) is 1.97. The first-order valence-corrected chi connectivity index (χ1v) is 5.50. The van der Waals surface area contributed by atoms with Gasteiger partial charge in [-0.2, -0.15) is 5.10 Å². The Morgan fingerprint density at radius 2 is 1.94 bits per heavy atom. The molecule has 2 unspecified atom stereocenters. The van der Waals surface area contributed by atoms with Crippen molar-refractivity contribution in [1.29, 1.82) is 0 Å². The number of hydrogen-bond donors (Lipinski definition) is 0. The number of ether oxygens (including phenoxy) is 1. The third-order valence-corrected chi connectivity index (χ3v) is 2.99. The Bertz CT molecular complexity index is 504. The molecule has 3 heteroatoms. The Labute approximate surface area is 94.7 Å². The van der Waals surface area contributed by atoms with Gasteiger partial charge in [0.25, 0.3) is 0 Å². The molecule has 0 bridgehead atoms. The fraction of sp³-hybridized carbons (Fsp3) is 0.308. The zero-order valence-electron chi connectivity index (χ0n) is 9.42. The largest absolute Gasteiger partial charge is 0.363 e. The molecule has 0 amide bonds. The minimum absolute atomic E-state index is 0.231. The molecular weight excluding hydrogens is 200 g/mol. The first-order valence-electron chi connectivity index (χ1n) is 5.50. The van der Waals surface area contributed by atoms with Crippen molar-refractivity contribution < 1.29 is 4.74 Å². The van der Waals surface area contributed by atoms with Gasteiger partial charge in [-0.25, -0.2) is 0 Å². The average Bonchev–Trinajstić information content (AvgIpc) is 2.89. The molecule has 2 heterocycles. The number of hydrogen-bond acceptors (Lipinski definition) is 2. The van der Waals surface area contributed by atoms with Gasteiger partial charge in [0.1, 0.15) is 6.10 Å². The van der Waals surface area contributed by atoms with Gasteiger partial charge < -0.3 is 4.74 Å². The van der Waals surface area contributed by atoms with Crippen molar-refractivity contribution in [2.24, 2.45) is 7.05 Å². The average molecular weight is 214 g/mol. The van der Waals surface area contributed by atoms with Crippen LogP contribution in [-0.2, 0) is 11.8 Å². The fourth-order valence-electron chi connectivity index (χ4n) is 1.99. The highest BCUT2D eigenvalue weighted by molar-refractivity contribution is 5.59. The van der Waals surface area contributed by atoms with Crippen molar-refractivity contribution >= 4 is 0 Å². The molecule has 0 N–H and O–H groups in total. The van der Waals surface area contributed by atoms with Crippen LogP contribution in [0.25, 0.3) is 11.3 Å². The van der Waals surface area contributed by atoms with Gasteiger partial charge in [0, 0.05) is 12.6 Å². The van der Waals surface area contributed by atoms with Gasteiger partial charge in [-0.15, -0.1) is 0 Å². The zero-order chi connectivity index (χ0) is 11.1. The number of aryl methyl sites for hydroxylation is 1. The van der Waals surface area contributed by atoms with Crippen LogP contribution in [-0.4, -0.2) is 15.9 Å². The molecule has 0 saturated carbocycles. The molecule has 1 aliphatic rings. The van der Waals surface area contributed by atoms with Crippen LogP contribution in [0.3, 0.4) is 0 Å². The van der Waals surface area contributed by atoms with Gasteiger partial charge in [0.15, 0.2) is 0 Å². The summed E-state index contributed by atoms with van der Waals surface area (Å²) in [4.78, 5) is 0. The quantitative estimate of drug-likeness (QED) is 0.719. The highest BCUT2D eigenvalue weighted by Crippen LogP contribution is 2.39. The van der Waals surface area contributed by atoms with Crippen LogP contribution in [0.4, 0.5) is 0 Å². The summed E-state index contributed by atoms with van der Waals surface area (Å²) >= 11 is 0. The Hall–Kier alpha value is -1.61. The van der Waals surface area contributed by atoms with Crippen LogP contribution in [0.2, 0.25) is 0 Å². The van der Waals surface area contributed by atoms with Crippen molar-refractivity contribution in [3.63, 3.8) is 0 Å². The van der Waals surface area contributed by atoms with E-state index in [1.807, 2.05) is 29.9 Å². The van der Waals surface area contributed by atoms with Crippen LogP contribution < -0.4 is 0 Å². The van der Waals surface area contributed by atoms with Gasteiger partial charge in [-0.1, -0.05) is 30.3 Å². The van der Waals surface area contributed by atoms with E-state index in [1.54, 1.807) is 0 Å². The Morgan fingerprint density at radius 1 is 1.25 bits per heavy atom. The molecule has 0 radical (unpaired) electrons. The SMILES string of the molecule is CC1OC1c1cc(-c2ccccc2)nn1C. The summed E-state index contributed by atoms with van der Waals surface area (Å²) in [6.45, 7) is 2.08. The van der Waals surface area contributed by atoms with Crippen molar-refractivity contribution in [3.8, 4) is 11.3 Å². The molecule has 1 aromatic heterocycles. The molecule has 0 spiro atoms. The number of benzene rings is 1. The lowest BCUT2D eigenvalue weighted by molar-refractivity contribution is 0.375. The molecule has 82 valence electrons. The Balaban J connectivity index is 1.98. The van der Waals surface area contributed by atoms with Gasteiger partial charge in [-0.3, -0.25) is 4.68 Å². The van der Waals surface area contributed by atoms with E-state index in [-0.39, 0.29) is 6.10 Å². The van der Waals surface area contributed by atoms with Crippen LogP contribution in [0.5, 0.6) is 0 Å². The standard InChI is InChI=1S/C13H14N2O/c1-9-13(16-9)12-8-11(14-15(12)2)10-6-4-3-5-7-10/h3-9,13H,1-2H3. The Kier molecular flexibility index (Phi) is 2.07. The van der Waals surface area contributed by atoms with Crippen molar-refractivity contribution in [2.45, 2.75) is 19.1 Å². The lowest BCUT2D eigenvalue weighted by Crippen LogP contribution is -1.97. The topological polar surface area (TPSA) is 30.4 Å². The van der Waals surface area contributed by atoms with Gasteiger partial charge in [0.05, 0.1) is 17.5 Å². The van der Waals surface area contributed by atoms with E-state index < -0.39 is 0 Å². The molecule has 2 aromatic rings. The van der Waals surface area contributed by atoms with E-state index in [1.165, 1.54) is 0 Å². The third-order valence-electron chi connectivity index (χ3n) is 2.99. The van der Waals surface area contributed by atoms with Crippen molar-refractivity contribution in [1.82, 2.24) is 9.78 Å². The lowest BCUT2D eigenvalue weighted by Gasteiger charge is -1.94. The minimum atomic E-state index is 0.231. The van der Waals surface area contributed by atoms with Crippen LogP contribution >= 0.6 is 0 Å². The maximum Gasteiger partial charge on any atom is 0.125 e. The van der Waals surface area contributed by atoms with Crippen LogP contribution in [0.1, 0.15) is 18.7 Å². The zero-order valence-corrected chi connectivity index (χ0v) is 9.42. The number of rotatable bonds is 2. The lowest BCUT2D eigenvalue weighted by atomic mass is 10.1. The summed E-state index contributed by atoms with van der Waals surface area (Å²) in [5.74, 6) is 0. The van der Waals surface area contributed by atoms with E-state index in [9.17, 15) is 0 Å². The number of aromatic nitrogens is 2. The second-order valence-electron chi connectivity index (χ2n) is 4.21. The predicted octanol–water partition coefficient (Wildman–Crippen LogP) is 2.55. The molecule has 0 aliphatic carbocycles. The van der Waals surface area contributed by atoms with Crippen molar-refractivity contribution in [3.05, 3.63) is 42.1 Å². The van der Waals surface area contributed by atoms with Gasteiger partial charge >= 0.3 is 0 Å². The summed E-state index contributed by atoms with van der Waals surface area (Å²) < 4.78 is 7.39. The molecule has 1 aromatic carbocycles. The number of epoxide rings is 1. The minimum Gasteiger partial charge on any atom is -0.363 e. The predicted molar refractivity (Wildman–Crippen MR) is 61.9 cm³/mol. The molecular formula is C13H14N2O. The van der Waals surface area contributed by atoms with E-state index in [0.717, 1.165) is 17.0 Å². The van der Waals surface area contributed by atoms with Crippen molar-refractivity contribution in [2.75, 3.05) is 0 Å². The molecule has 1 aliphatic heterocycles. The summed E-state index contributed by atoms with van der Waals surface area (Å²) in [6, 6.07) is 12.3. The fourth-order valence-corrected chi connectivity index (χ4v) is 1.99. The summed E-state index contributed by atoms with van der Waals surface area (Å²) in [6.07, 6.45) is 0.564. The highest BCUT2D eigenvalue weighted by Gasteiger charge is 2.38.